The second-order valence-electron chi connectivity index (χ2n) is 6.46. The fraction of sp³-hybridized carbons (Fsp3) is 0.588. The maximum absolute atomic E-state index is 12.2. The van der Waals surface area contributed by atoms with Gasteiger partial charge in [-0.15, -0.1) is 0 Å². The molecule has 0 radical (unpaired) electrons. The van der Waals surface area contributed by atoms with Crippen LogP contribution in [-0.4, -0.2) is 55.0 Å². The van der Waals surface area contributed by atoms with Crippen molar-refractivity contribution in [3.8, 4) is 0 Å². The van der Waals surface area contributed by atoms with Gasteiger partial charge in [0, 0.05) is 25.6 Å². The molecule has 0 aromatic heterocycles. The lowest BCUT2D eigenvalue weighted by molar-refractivity contribution is -0.128. The number of carbonyl (C=O) groups is 1. The van der Waals surface area contributed by atoms with Gasteiger partial charge in [-0.3, -0.25) is 9.69 Å². The first-order valence-electron chi connectivity index (χ1n) is 7.96. The minimum atomic E-state index is 0.226. The Balaban J connectivity index is 1.38. The first-order chi connectivity index (χ1) is 10.2. The number of rotatable bonds is 4. The van der Waals surface area contributed by atoms with E-state index in [-0.39, 0.29) is 11.8 Å². The Hall–Kier alpha value is -1.39. The molecule has 114 valence electrons. The molecule has 2 fully saturated rings. The summed E-state index contributed by atoms with van der Waals surface area (Å²) in [5.74, 6) is 0.497. The van der Waals surface area contributed by atoms with E-state index in [0.717, 1.165) is 45.6 Å². The van der Waals surface area contributed by atoms with E-state index >= 15 is 0 Å². The molecule has 1 N–H and O–H groups in total. The molecule has 1 aromatic carbocycles. The number of piperidine rings is 1. The highest BCUT2D eigenvalue weighted by atomic mass is 16.2. The van der Waals surface area contributed by atoms with Crippen LogP contribution in [0.15, 0.2) is 30.3 Å². The van der Waals surface area contributed by atoms with Gasteiger partial charge in [0.15, 0.2) is 0 Å². The van der Waals surface area contributed by atoms with Gasteiger partial charge in [0.05, 0.1) is 6.04 Å². The number of hydrogen-bond acceptors (Lipinski definition) is 3. The number of carbonyl (C=O) groups excluding carboxylic acids is 1. The summed E-state index contributed by atoms with van der Waals surface area (Å²) in [6, 6.07) is 10.9. The number of likely N-dealkylation sites (tertiary alicyclic amines) is 2. The van der Waals surface area contributed by atoms with Gasteiger partial charge in [0.25, 0.3) is 0 Å². The van der Waals surface area contributed by atoms with Crippen molar-refractivity contribution in [2.24, 2.45) is 5.92 Å². The highest BCUT2D eigenvalue weighted by Gasteiger charge is 2.31. The minimum Gasteiger partial charge on any atom is -0.351 e. The highest BCUT2D eigenvalue weighted by Crippen LogP contribution is 2.18. The predicted octanol–water partition coefficient (Wildman–Crippen LogP) is 1.33. The van der Waals surface area contributed by atoms with Crippen LogP contribution in [0.25, 0.3) is 0 Å². The molecule has 0 bridgehead atoms. The zero-order valence-electron chi connectivity index (χ0n) is 12.8. The number of nitrogens with one attached hydrogen (secondary N) is 1. The van der Waals surface area contributed by atoms with Gasteiger partial charge in [-0.05, 0) is 38.5 Å². The molecule has 2 aliphatic heterocycles. The Bertz CT molecular complexity index is 462. The summed E-state index contributed by atoms with van der Waals surface area (Å²) in [4.78, 5) is 16.9. The second kappa shape index (κ2) is 6.58. The van der Waals surface area contributed by atoms with E-state index in [0.29, 0.717) is 6.04 Å². The fourth-order valence-corrected chi connectivity index (χ4v) is 3.22. The van der Waals surface area contributed by atoms with E-state index < -0.39 is 0 Å². The van der Waals surface area contributed by atoms with Gasteiger partial charge in [0.2, 0.25) is 5.91 Å². The van der Waals surface area contributed by atoms with Gasteiger partial charge in [-0.1, -0.05) is 30.3 Å². The number of hydrogen-bond donors (Lipinski definition) is 1. The monoisotopic (exact) mass is 287 g/mol. The summed E-state index contributed by atoms with van der Waals surface area (Å²) in [7, 11) is 2.13. The van der Waals surface area contributed by atoms with Crippen molar-refractivity contribution in [3.05, 3.63) is 35.9 Å². The third-order valence-corrected chi connectivity index (χ3v) is 4.64. The second-order valence-corrected chi connectivity index (χ2v) is 6.46. The van der Waals surface area contributed by atoms with E-state index in [1.54, 1.807) is 0 Å². The van der Waals surface area contributed by atoms with Crippen LogP contribution in [0.2, 0.25) is 0 Å². The third kappa shape index (κ3) is 3.83. The fourth-order valence-electron chi connectivity index (χ4n) is 3.22. The van der Waals surface area contributed by atoms with E-state index in [4.69, 9.17) is 0 Å². The predicted molar refractivity (Wildman–Crippen MR) is 83.9 cm³/mol. The molecule has 2 saturated heterocycles. The number of nitrogens with zero attached hydrogens (tertiary/aromatic N) is 2. The summed E-state index contributed by atoms with van der Waals surface area (Å²) in [5, 5.41) is 3.22. The van der Waals surface area contributed by atoms with E-state index in [2.05, 4.69) is 46.4 Å². The van der Waals surface area contributed by atoms with E-state index in [9.17, 15) is 4.79 Å². The molecular formula is C17H25N3O. The average molecular weight is 287 g/mol. The number of amides is 1. The Labute approximate surface area is 127 Å². The summed E-state index contributed by atoms with van der Waals surface area (Å²) >= 11 is 0. The standard InChI is InChI=1S/C17H25N3O/c1-19-9-7-15(8-10-19)17(21)18-16-12-20(13-16)11-14-5-3-2-4-6-14/h2-6,15-16H,7-13H2,1H3,(H,18,21). The normalized spacial score (nSPS) is 22.0. The zero-order valence-corrected chi connectivity index (χ0v) is 12.8. The lowest BCUT2D eigenvalue weighted by Crippen LogP contribution is -2.59. The first-order valence-corrected chi connectivity index (χ1v) is 7.96. The molecule has 21 heavy (non-hydrogen) atoms. The summed E-state index contributed by atoms with van der Waals surface area (Å²) in [5.41, 5.74) is 1.34. The Morgan fingerprint density at radius 3 is 2.52 bits per heavy atom. The van der Waals surface area contributed by atoms with Crippen LogP contribution in [0.1, 0.15) is 18.4 Å². The van der Waals surface area contributed by atoms with Crippen LogP contribution in [0, 0.1) is 5.92 Å². The van der Waals surface area contributed by atoms with Crippen molar-refractivity contribution in [2.45, 2.75) is 25.4 Å². The van der Waals surface area contributed by atoms with Gasteiger partial charge in [-0.25, -0.2) is 0 Å². The van der Waals surface area contributed by atoms with Crippen LogP contribution in [0.4, 0.5) is 0 Å². The van der Waals surface area contributed by atoms with Gasteiger partial charge < -0.3 is 10.2 Å². The van der Waals surface area contributed by atoms with E-state index in [1.807, 2.05) is 6.07 Å². The van der Waals surface area contributed by atoms with Gasteiger partial charge >= 0.3 is 0 Å². The Kier molecular flexibility index (Phi) is 4.56. The quantitative estimate of drug-likeness (QED) is 0.907. The molecular weight excluding hydrogens is 262 g/mol. The van der Waals surface area contributed by atoms with Crippen LogP contribution >= 0.6 is 0 Å². The molecule has 0 aliphatic carbocycles. The average Bonchev–Trinajstić information content (AvgIpc) is 2.46. The van der Waals surface area contributed by atoms with Crippen molar-refractivity contribution in [1.29, 1.82) is 0 Å². The maximum atomic E-state index is 12.2. The minimum absolute atomic E-state index is 0.226. The molecule has 0 atom stereocenters. The molecule has 3 rings (SSSR count). The Morgan fingerprint density at radius 2 is 1.86 bits per heavy atom. The molecule has 0 spiro atoms. The third-order valence-electron chi connectivity index (χ3n) is 4.64. The van der Waals surface area contributed by atoms with Crippen molar-refractivity contribution in [3.63, 3.8) is 0 Å². The lowest BCUT2D eigenvalue weighted by Gasteiger charge is -2.40. The van der Waals surface area contributed by atoms with Gasteiger partial charge in [-0.2, -0.15) is 0 Å². The first kappa shape index (κ1) is 14.5. The molecule has 1 amide bonds. The molecule has 1 aromatic rings. The van der Waals surface area contributed by atoms with Crippen molar-refractivity contribution < 1.29 is 4.79 Å². The summed E-state index contributed by atoms with van der Waals surface area (Å²) in [6.45, 7) is 5.04. The van der Waals surface area contributed by atoms with Crippen LogP contribution in [0.3, 0.4) is 0 Å². The van der Waals surface area contributed by atoms with Crippen LogP contribution < -0.4 is 5.32 Å². The smallest absolute Gasteiger partial charge is 0.223 e. The molecule has 4 heteroatoms. The van der Waals surface area contributed by atoms with Crippen LogP contribution in [-0.2, 0) is 11.3 Å². The van der Waals surface area contributed by atoms with Gasteiger partial charge in [0.1, 0.15) is 0 Å². The molecule has 0 unspecified atom stereocenters. The molecule has 2 heterocycles. The number of benzene rings is 1. The van der Waals surface area contributed by atoms with Crippen molar-refractivity contribution in [1.82, 2.24) is 15.1 Å². The molecule has 2 aliphatic rings. The van der Waals surface area contributed by atoms with E-state index in [1.165, 1.54) is 5.56 Å². The zero-order chi connectivity index (χ0) is 14.7. The lowest BCUT2D eigenvalue weighted by atomic mass is 9.95. The SMILES string of the molecule is CN1CCC(C(=O)NC2CN(Cc3ccccc3)C2)CC1. The van der Waals surface area contributed by atoms with Crippen molar-refractivity contribution >= 4 is 5.91 Å². The topological polar surface area (TPSA) is 35.6 Å². The highest BCUT2D eigenvalue weighted by molar-refractivity contribution is 5.79. The largest absolute Gasteiger partial charge is 0.351 e. The van der Waals surface area contributed by atoms with Crippen molar-refractivity contribution in [2.75, 3.05) is 33.2 Å². The Morgan fingerprint density at radius 1 is 1.19 bits per heavy atom. The molecule has 0 saturated carbocycles. The summed E-state index contributed by atoms with van der Waals surface area (Å²) in [6.07, 6.45) is 2.01. The maximum Gasteiger partial charge on any atom is 0.223 e. The molecule has 4 nitrogen and oxygen atoms in total. The summed E-state index contributed by atoms with van der Waals surface area (Å²) < 4.78 is 0. The van der Waals surface area contributed by atoms with Crippen LogP contribution in [0.5, 0.6) is 0 Å².